The molecule has 2 rings (SSSR count). The van der Waals surface area contributed by atoms with Gasteiger partial charge in [-0.3, -0.25) is 4.79 Å². The predicted octanol–water partition coefficient (Wildman–Crippen LogP) is 1.04. The van der Waals surface area contributed by atoms with E-state index in [4.69, 9.17) is 5.73 Å². The lowest BCUT2D eigenvalue weighted by molar-refractivity contribution is 0.872. The van der Waals surface area contributed by atoms with Gasteiger partial charge in [0.2, 0.25) is 0 Å². The standard InChI is InChI=1S/C12H14N2O/c1-14-7-5-10-3-2-9(4-6-13)8-11(10)12(14)15/h2-3,5,7-8H,4,6,13H2,1H3. The average Bonchev–Trinajstić information content (AvgIpc) is 2.25. The van der Waals surface area contributed by atoms with Crippen molar-refractivity contribution in [1.29, 1.82) is 0 Å². The number of nitrogens with two attached hydrogens (primary N) is 1. The number of aromatic nitrogens is 1. The number of benzene rings is 1. The molecule has 0 aliphatic heterocycles. The highest BCUT2D eigenvalue weighted by Gasteiger charge is 2.01. The Morgan fingerprint density at radius 3 is 2.87 bits per heavy atom. The summed E-state index contributed by atoms with van der Waals surface area (Å²) in [6.07, 6.45) is 2.60. The van der Waals surface area contributed by atoms with Crippen molar-refractivity contribution in [2.45, 2.75) is 6.42 Å². The van der Waals surface area contributed by atoms with E-state index >= 15 is 0 Å². The van der Waals surface area contributed by atoms with Crippen LogP contribution in [0.15, 0.2) is 35.3 Å². The second-order valence-corrected chi connectivity index (χ2v) is 3.69. The van der Waals surface area contributed by atoms with E-state index in [9.17, 15) is 4.79 Å². The fraction of sp³-hybridized carbons (Fsp3) is 0.250. The molecule has 3 nitrogen and oxygen atoms in total. The van der Waals surface area contributed by atoms with Crippen LogP contribution in [0.5, 0.6) is 0 Å². The topological polar surface area (TPSA) is 48.0 Å². The van der Waals surface area contributed by atoms with Crippen molar-refractivity contribution in [1.82, 2.24) is 4.57 Å². The van der Waals surface area contributed by atoms with E-state index < -0.39 is 0 Å². The summed E-state index contributed by atoms with van der Waals surface area (Å²) in [5.74, 6) is 0. The highest BCUT2D eigenvalue weighted by Crippen LogP contribution is 2.12. The van der Waals surface area contributed by atoms with Crippen LogP contribution in [0, 0.1) is 0 Å². The van der Waals surface area contributed by atoms with Crippen molar-refractivity contribution in [2.75, 3.05) is 6.54 Å². The minimum absolute atomic E-state index is 0.0476. The Bertz CT molecular complexity index is 543. The minimum Gasteiger partial charge on any atom is -0.330 e. The Labute approximate surface area is 88.1 Å². The van der Waals surface area contributed by atoms with Crippen molar-refractivity contribution in [3.8, 4) is 0 Å². The van der Waals surface area contributed by atoms with Gasteiger partial charge >= 0.3 is 0 Å². The van der Waals surface area contributed by atoms with Crippen LogP contribution in [0.2, 0.25) is 0 Å². The fourth-order valence-corrected chi connectivity index (χ4v) is 1.71. The summed E-state index contributed by atoms with van der Waals surface area (Å²) in [5, 5.41) is 1.75. The molecule has 3 heteroatoms. The third kappa shape index (κ3) is 1.78. The number of fused-ring (bicyclic) bond motifs is 1. The van der Waals surface area contributed by atoms with Crippen molar-refractivity contribution < 1.29 is 0 Å². The molecule has 78 valence electrons. The molecule has 0 fully saturated rings. The monoisotopic (exact) mass is 202 g/mol. The van der Waals surface area contributed by atoms with Crippen LogP contribution >= 0.6 is 0 Å². The van der Waals surface area contributed by atoms with Gasteiger partial charge in [-0.1, -0.05) is 12.1 Å². The van der Waals surface area contributed by atoms with Gasteiger partial charge in [0.25, 0.3) is 5.56 Å². The molecule has 1 heterocycles. The first-order valence-corrected chi connectivity index (χ1v) is 5.00. The van der Waals surface area contributed by atoms with Gasteiger partial charge < -0.3 is 10.3 Å². The van der Waals surface area contributed by atoms with Gasteiger partial charge in [-0.15, -0.1) is 0 Å². The number of aryl methyl sites for hydroxylation is 1. The first-order chi connectivity index (χ1) is 7.22. The lowest BCUT2D eigenvalue weighted by Crippen LogP contribution is -2.15. The number of nitrogens with zero attached hydrogens (tertiary/aromatic N) is 1. The largest absolute Gasteiger partial charge is 0.330 e. The van der Waals surface area contributed by atoms with Gasteiger partial charge in [-0.25, -0.2) is 0 Å². The van der Waals surface area contributed by atoms with E-state index in [1.807, 2.05) is 24.3 Å². The third-order valence-electron chi connectivity index (χ3n) is 2.58. The quantitative estimate of drug-likeness (QED) is 0.791. The lowest BCUT2D eigenvalue weighted by Gasteiger charge is -2.03. The van der Waals surface area contributed by atoms with Crippen molar-refractivity contribution >= 4 is 10.8 Å². The normalized spacial score (nSPS) is 10.8. The van der Waals surface area contributed by atoms with Crippen LogP contribution in [-0.4, -0.2) is 11.1 Å². The Balaban J connectivity index is 2.68. The second-order valence-electron chi connectivity index (χ2n) is 3.69. The van der Waals surface area contributed by atoms with Crippen molar-refractivity contribution in [3.63, 3.8) is 0 Å². The van der Waals surface area contributed by atoms with Crippen LogP contribution < -0.4 is 11.3 Å². The average molecular weight is 202 g/mol. The molecule has 0 atom stereocenters. The van der Waals surface area contributed by atoms with Gasteiger partial charge in [0.15, 0.2) is 0 Å². The van der Waals surface area contributed by atoms with E-state index in [0.717, 1.165) is 22.8 Å². The van der Waals surface area contributed by atoms with E-state index in [1.165, 1.54) is 0 Å². The number of hydrogen-bond acceptors (Lipinski definition) is 2. The molecule has 0 amide bonds. The highest BCUT2D eigenvalue weighted by atomic mass is 16.1. The molecule has 0 saturated heterocycles. The summed E-state index contributed by atoms with van der Waals surface area (Å²) in [6.45, 7) is 0.610. The molecule has 0 unspecified atom stereocenters. The predicted molar refractivity (Wildman–Crippen MR) is 61.9 cm³/mol. The van der Waals surface area contributed by atoms with Gasteiger partial charge in [-0.05, 0) is 36.0 Å². The zero-order valence-corrected chi connectivity index (χ0v) is 8.73. The maximum atomic E-state index is 11.8. The van der Waals surface area contributed by atoms with Crippen LogP contribution in [0.3, 0.4) is 0 Å². The van der Waals surface area contributed by atoms with Gasteiger partial charge in [0.05, 0.1) is 0 Å². The van der Waals surface area contributed by atoms with Crippen LogP contribution in [0.25, 0.3) is 10.8 Å². The van der Waals surface area contributed by atoms with Gasteiger partial charge in [-0.2, -0.15) is 0 Å². The molecular weight excluding hydrogens is 188 g/mol. The fourth-order valence-electron chi connectivity index (χ4n) is 1.71. The summed E-state index contributed by atoms with van der Waals surface area (Å²) in [4.78, 5) is 11.8. The first kappa shape index (κ1) is 9.93. The molecule has 15 heavy (non-hydrogen) atoms. The first-order valence-electron chi connectivity index (χ1n) is 5.00. The maximum Gasteiger partial charge on any atom is 0.258 e. The van der Waals surface area contributed by atoms with E-state index in [1.54, 1.807) is 17.8 Å². The summed E-state index contributed by atoms with van der Waals surface area (Å²) in [5.41, 5.74) is 6.66. The van der Waals surface area contributed by atoms with Crippen molar-refractivity contribution in [3.05, 3.63) is 46.4 Å². The second kappa shape index (κ2) is 3.87. The van der Waals surface area contributed by atoms with E-state index in [2.05, 4.69) is 0 Å². The molecule has 1 aromatic heterocycles. The Morgan fingerprint density at radius 2 is 2.13 bits per heavy atom. The Kier molecular flexibility index (Phi) is 2.56. The Hall–Kier alpha value is -1.61. The molecular formula is C12H14N2O. The SMILES string of the molecule is Cn1ccc2ccc(CCN)cc2c1=O. The number of hydrogen-bond donors (Lipinski definition) is 1. The van der Waals surface area contributed by atoms with E-state index in [-0.39, 0.29) is 5.56 Å². The molecule has 1 aromatic carbocycles. The molecule has 0 aliphatic rings. The van der Waals surface area contributed by atoms with Crippen LogP contribution in [0.1, 0.15) is 5.56 Å². The van der Waals surface area contributed by atoms with E-state index in [0.29, 0.717) is 6.54 Å². The maximum absolute atomic E-state index is 11.8. The summed E-state index contributed by atoms with van der Waals surface area (Å²) >= 11 is 0. The molecule has 2 N–H and O–H groups in total. The molecule has 0 radical (unpaired) electrons. The van der Waals surface area contributed by atoms with Crippen molar-refractivity contribution in [2.24, 2.45) is 12.8 Å². The zero-order chi connectivity index (χ0) is 10.8. The number of rotatable bonds is 2. The zero-order valence-electron chi connectivity index (χ0n) is 8.73. The summed E-state index contributed by atoms with van der Waals surface area (Å²) in [7, 11) is 1.76. The van der Waals surface area contributed by atoms with Gasteiger partial charge in [0, 0.05) is 18.6 Å². The minimum atomic E-state index is 0.0476. The summed E-state index contributed by atoms with van der Waals surface area (Å²) < 4.78 is 1.59. The number of pyridine rings is 1. The third-order valence-corrected chi connectivity index (χ3v) is 2.58. The highest BCUT2D eigenvalue weighted by molar-refractivity contribution is 5.82. The smallest absolute Gasteiger partial charge is 0.258 e. The summed E-state index contributed by atoms with van der Waals surface area (Å²) in [6, 6.07) is 7.88. The molecule has 2 aromatic rings. The van der Waals surface area contributed by atoms with Crippen LogP contribution in [0.4, 0.5) is 0 Å². The molecule has 0 aliphatic carbocycles. The van der Waals surface area contributed by atoms with Crippen LogP contribution in [-0.2, 0) is 13.5 Å². The van der Waals surface area contributed by atoms with Gasteiger partial charge in [0.1, 0.15) is 0 Å². The molecule has 0 bridgehead atoms. The molecule has 0 saturated carbocycles. The Morgan fingerprint density at radius 1 is 1.33 bits per heavy atom. The molecule has 0 spiro atoms. The lowest BCUT2D eigenvalue weighted by atomic mass is 10.1.